The molecule has 2 unspecified atom stereocenters. The fraction of sp³-hybridized carbons (Fsp3) is 0.938. The first-order valence-corrected chi connectivity index (χ1v) is 7.94. The van der Waals surface area contributed by atoms with Crippen LogP contribution in [0.25, 0.3) is 0 Å². The molecule has 2 heteroatoms. The molecule has 0 saturated heterocycles. The summed E-state index contributed by atoms with van der Waals surface area (Å²) < 4.78 is 0. The minimum atomic E-state index is 0.264. The zero-order chi connectivity index (χ0) is 13.4. The van der Waals surface area contributed by atoms with Gasteiger partial charge >= 0.3 is 0 Å². The predicted octanol–water partition coefficient (Wildman–Crippen LogP) is 4.24. The standard InChI is InChI=1S/C16H31NO/c1-4-6-8-9-10-15-12-16(15)13-17(14(3)18)11-7-5-2/h15-16H,4-13H2,1-3H3. The summed E-state index contributed by atoms with van der Waals surface area (Å²) in [6.45, 7) is 8.15. The second-order valence-electron chi connectivity index (χ2n) is 5.92. The summed E-state index contributed by atoms with van der Waals surface area (Å²) in [6.07, 6.45) is 10.6. The molecule has 0 spiro atoms. The highest BCUT2D eigenvalue weighted by atomic mass is 16.2. The molecule has 0 aromatic rings. The number of unbranched alkanes of at least 4 members (excludes halogenated alkanes) is 4. The van der Waals surface area contributed by atoms with E-state index in [4.69, 9.17) is 0 Å². The lowest BCUT2D eigenvalue weighted by atomic mass is 10.1. The third-order valence-corrected chi connectivity index (χ3v) is 4.18. The van der Waals surface area contributed by atoms with Crippen LogP contribution in [-0.4, -0.2) is 23.9 Å². The van der Waals surface area contributed by atoms with Gasteiger partial charge in [-0.1, -0.05) is 52.4 Å². The Morgan fingerprint density at radius 2 is 1.78 bits per heavy atom. The number of carbonyl (C=O) groups excluding carboxylic acids is 1. The van der Waals surface area contributed by atoms with E-state index in [2.05, 4.69) is 18.7 Å². The second kappa shape index (κ2) is 8.55. The van der Waals surface area contributed by atoms with Gasteiger partial charge in [-0.05, 0) is 24.7 Å². The van der Waals surface area contributed by atoms with Gasteiger partial charge in [-0.3, -0.25) is 4.79 Å². The summed E-state index contributed by atoms with van der Waals surface area (Å²) in [5.74, 6) is 2.00. The number of rotatable bonds is 10. The molecule has 1 rings (SSSR count). The first kappa shape index (κ1) is 15.5. The normalized spacial score (nSPS) is 21.9. The van der Waals surface area contributed by atoms with E-state index in [1.165, 1.54) is 44.9 Å². The summed E-state index contributed by atoms with van der Waals surface area (Å²) in [7, 11) is 0. The van der Waals surface area contributed by atoms with E-state index in [9.17, 15) is 4.79 Å². The predicted molar refractivity (Wildman–Crippen MR) is 77.5 cm³/mol. The van der Waals surface area contributed by atoms with Crippen LogP contribution in [0, 0.1) is 11.8 Å². The third-order valence-electron chi connectivity index (χ3n) is 4.18. The lowest BCUT2D eigenvalue weighted by Gasteiger charge is -2.20. The first-order valence-electron chi connectivity index (χ1n) is 7.94. The van der Waals surface area contributed by atoms with Crippen LogP contribution >= 0.6 is 0 Å². The molecule has 1 saturated carbocycles. The van der Waals surface area contributed by atoms with E-state index >= 15 is 0 Å². The molecule has 1 amide bonds. The van der Waals surface area contributed by atoms with Crippen molar-refractivity contribution in [3.8, 4) is 0 Å². The summed E-state index contributed by atoms with van der Waals surface area (Å²) >= 11 is 0. The Bertz CT molecular complexity index is 239. The van der Waals surface area contributed by atoms with E-state index in [0.717, 1.165) is 31.3 Å². The quantitative estimate of drug-likeness (QED) is 0.533. The van der Waals surface area contributed by atoms with Gasteiger partial charge in [-0.25, -0.2) is 0 Å². The monoisotopic (exact) mass is 253 g/mol. The van der Waals surface area contributed by atoms with Gasteiger partial charge in [0.25, 0.3) is 0 Å². The summed E-state index contributed by atoms with van der Waals surface area (Å²) in [5.41, 5.74) is 0. The van der Waals surface area contributed by atoms with E-state index in [1.807, 2.05) is 0 Å². The Morgan fingerprint density at radius 3 is 2.39 bits per heavy atom. The molecule has 0 N–H and O–H groups in total. The van der Waals surface area contributed by atoms with Gasteiger partial charge < -0.3 is 4.90 Å². The van der Waals surface area contributed by atoms with E-state index in [1.54, 1.807) is 6.92 Å². The van der Waals surface area contributed by atoms with Crippen LogP contribution in [0.5, 0.6) is 0 Å². The van der Waals surface area contributed by atoms with Crippen LogP contribution in [0.1, 0.15) is 72.1 Å². The van der Waals surface area contributed by atoms with Gasteiger partial charge in [-0.15, -0.1) is 0 Å². The van der Waals surface area contributed by atoms with Gasteiger partial charge in [0.05, 0.1) is 0 Å². The topological polar surface area (TPSA) is 20.3 Å². The maximum atomic E-state index is 11.5. The van der Waals surface area contributed by atoms with Crippen LogP contribution in [0.15, 0.2) is 0 Å². The summed E-state index contributed by atoms with van der Waals surface area (Å²) in [5, 5.41) is 0. The fourth-order valence-electron chi connectivity index (χ4n) is 2.73. The molecule has 0 bridgehead atoms. The lowest BCUT2D eigenvalue weighted by Crippen LogP contribution is -2.32. The van der Waals surface area contributed by atoms with Crippen LogP contribution in [0.3, 0.4) is 0 Å². The number of carbonyl (C=O) groups is 1. The van der Waals surface area contributed by atoms with Crippen molar-refractivity contribution < 1.29 is 4.79 Å². The SMILES string of the molecule is CCCCCCC1CC1CN(CCCC)C(C)=O. The second-order valence-corrected chi connectivity index (χ2v) is 5.92. The fourth-order valence-corrected chi connectivity index (χ4v) is 2.73. The minimum Gasteiger partial charge on any atom is -0.343 e. The Labute approximate surface area is 113 Å². The van der Waals surface area contributed by atoms with Crippen molar-refractivity contribution in [2.45, 2.75) is 72.1 Å². The van der Waals surface area contributed by atoms with E-state index < -0.39 is 0 Å². The van der Waals surface area contributed by atoms with Crippen molar-refractivity contribution in [1.29, 1.82) is 0 Å². The minimum absolute atomic E-state index is 0.264. The number of hydrogen-bond donors (Lipinski definition) is 0. The molecule has 0 aliphatic heterocycles. The number of nitrogens with zero attached hydrogens (tertiary/aromatic N) is 1. The molecule has 0 aromatic carbocycles. The van der Waals surface area contributed by atoms with Crippen LogP contribution < -0.4 is 0 Å². The number of amides is 1. The van der Waals surface area contributed by atoms with Crippen molar-refractivity contribution in [2.75, 3.05) is 13.1 Å². The Morgan fingerprint density at radius 1 is 1.06 bits per heavy atom. The highest BCUT2D eigenvalue weighted by molar-refractivity contribution is 5.73. The Hall–Kier alpha value is -0.530. The molecule has 106 valence electrons. The Kier molecular flexibility index (Phi) is 7.38. The third kappa shape index (κ3) is 5.88. The molecule has 2 atom stereocenters. The molecule has 2 nitrogen and oxygen atoms in total. The first-order chi connectivity index (χ1) is 8.69. The molecule has 1 fully saturated rings. The molecular formula is C16H31NO. The summed E-state index contributed by atoms with van der Waals surface area (Å²) in [6, 6.07) is 0. The van der Waals surface area contributed by atoms with Gasteiger partial charge in [0, 0.05) is 20.0 Å². The highest BCUT2D eigenvalue weighted by Gasteiger charge is 2.37. The molecule has 0 heterocycles. The van der Waals surface area contributed by atoms with Crippen molar-refractivity contribution in [2.24, 2.45) is 11.8 Å². The van der Waals surface area contributed by atoms with Gasteiger partial charge in [-0.2, -0.15) is 0 Å². The van der Waals surface area contributed by atoms with Crippen LogP contribution in [-0.2, 0) is 4.79 Å². The zero-order valence-electron chi connectivity index (χ0n) is 12.6. The van der Waals surface area contributed by atoms with Crippen LogP contribution in [0.4, 0.5) is 0 Å². The van der Waals surface area contributed by atoms with Crippen molar-refractivity contribution in [1.82, 2.24) is 4.90 Å². The molecule has 0 radical (unpaired) electrons. The number of hydrogen-bond acceptors (Lipinski definition) is 1. The average molecular weight is 253 g/mol. The van der Waals surface area contributed by atoms with Gasteiger partial charge in [0.2, 0.25) is 5.91 Å². The van der Waals surface area contributed by atoms with E-state index in [-0.39, 0.29) is 5.91 Å². The summed E-state index contributed by atoms with van der Waals surface area (Å²) in [4.78, 5) is 13.6. The smallest absolute Gasteiger partial charge is 0.219 e. The largest absolute Gasteiger partial charge is 0.343 e. The molecule has 0 aromatic heterocycles. The van der Waals surface area contributed by atoms with Crippen molar-refractivity contribution in [3.63, 3.8) is 0 Å². The lowest BCUT2D eigenvalue weighted by molar-refractivity contribution is -0.129. The molecule has 18 heavy (non-hydrogen) atoms. The van der Waals surface area contributed by atoms with Gasteiger partial charge in [0.1, 0.15) is 0 Å². The molecule has 1 aliphatic carbocycles. The highest BCUT2D eigenvalue weighted by Crippen LogP contribution is 2.42. The zero-order valence-corrected chi connectivity index (χ0v) is 12.6. The maximum absolute atomic E-state index is 11.5. The van der Waals surface area contributed by atoms with Crippen LogP contribution in [0.2, 0.25) is 0 Å². The van der Waals surface area contributed by atoms with Crippen molar-refractivity contribution in [3.05, 3.63) is 0 Å². The van der Waals surface area contributed by atoms with Crippen molar-refractivity contribution >= 4 is 5.91 Å². The van der Waals surface area contributed by atoms with Gasteiger partial charge in [0.15, 0.2) is 0 Å². The average Bonchev–Trinajstić information content (AvgIpc) is 3.08. The van der Waals surface area contributed by atoms with E-state index in [0.29, 0.717) is 0 Å². The Balaban J connectivity index is 2.13. The molecular weight excluding hydrogens is 222 g/mol. The molecule has 1 aliphatic rings. The maximum Gasteiger partial charge on any atom is 0.219 e.